The number of carbonyl (C=O) groups excluding carboxylic acids is 1. The zero-order valence-electron chi connectivity index (χ0n) is 14.3. The molecule has 0 atom stereocenters. The maximum absolute atomic E-state index is 12.4. The van der Waals surface area contributed by atoms with E-state index in [4.69, 9.17) is 5.73 Å². The van der Waals surface area contributed by atoms with Gasteiger partial charge in [0, 0.05) is 18.1 Å². The van der Waals surface area contributed by atoms with Crippen molar-refractivity contribution >= 4 is 23.5 Å². The summed E-state index contributed by atoms with van der Waals surface area (Å²) in [7, 11) is 0. The van der Waals surface area contributed by atoms with Crippen molar-refractivity contribution in [2.24, 2.45) is 4.99 Å². The summed E-state index contributed by atoms with van der Waals surface area (Å²) in [6.07, 6.45) is 12.6. The molecule has 0 fully saturated rings. The molecule has 0 spiro atoms. The molecular formula is C18H23N5O. The highest BCUT2D eigenvalue weighted by atomic mass is 16.1. The number of amides is 1. The van der Waals surface area contributed by atoms with Crippen LogP contribution in [-0.2, 0) is 0 Å². The van der Waals surface area contributed by atoms with Gasteiger partial charge in [0.15, 0.2) is 11.5 Å². The van der Waals surface area contributed by atoms with Crippen LogP contribution in [0.3, 0.4) is 0 Å². The quantitative estimate of drug-likeness (QED) is 0.594. The molecule has 0 radical (unpaired) electrons. The van der Waals surface area contributed by atoms with Crippen LogP contribution in [0.2, 0.25) is 0 Å². The monoisotopic (exact) mass is 325 g/mol. The Hall–Kier alpha value is -3.02. The van der Waals surface area contributed by atoms with E-state index in [1.54, 1.807) is 36.7 Å². The molecule has 1 amide bonds. The molecule has 0 bridgehead atoms. The van der Waals surface area contributed by atoms with Crippen molar-refractivity contribution < 1.29 is 4.79 Å². The van der Waals surface area contributed by atoms with Gasteiger partial charge in [0.2, 0.25) is 0 Å². The molecule has 0 aliphatic rings. The summed E-state index contributed by atoms with van der Waals surface area (Å²) in [4.78, 5) is 24.9. The second-order valence-electron chi connectivity index (χ2n) is 4.85. The first-order chi connectivity index (χ1) is 11.5. The average Bonchev–Trinajstić information content (AvgIpc) is 2.55. The summed E-state index contributed by atoms with van der Waals surface area (Å²) >= 11 is 0. The largest absolute Gasteiger partial charge is 0.382 e. The Morgan fingerprint density at radius 3 is 2.88 bits per heavy atom. The Morgan fingerprint density at radius 1 is 1.50 bits per heavy atom. The van der Waals surface area contributed by atoms with Crippen LogP contribution in [-0.4, -0.2) is 22.1 Å². The Morgan fingerprint density at radius 2 is 2.25 bits per heavy atom. The molecule has 0 aliphatic carbocycles. The molecule has 0 unspecified atom stereocenters. The van der Waals surface area contributed by atoms with Gasteiger partial charge < -0.3 is 11.1 Å². The Balaban J connectivity index is 3.11. The smallest absolute Gasteiger partial charge is 0.278 e. The van der Waals surface area contributed by atoms with E-state index in [1.165, 1.54) is 6.20 Å². The van der Waals surface area contributed by atoms with E-state index >= 15 is 0 Å². The molecule has 24 heavy (non-hydrogen) atoms. The highest BCUT2D eigenvalue weighted by molar-refractivity contribution is 5.97. The number of nitrogens with two attached hydrogens (primary N) is 1. The molecule has 0 saturated heterocycles. The van der Waals surface area contributed by atoms with Crippen molar-refractivity contribution in [2.45, 2.75) is 27.2 Å². The summed E-state index contributed by atoms with van der Waals surface area (Å²) in [6, 6.07) is 0. The Labute approximate surface area is 142 Å². The lowest BCUT2D eigenvalue weighted by atomic mass is 10.2. The van der Waals surface area contributed by atoms with E-state index in [9.17, 15) is 4.79 Å². The number of anilines is 1. The lowest BCUT2D eigenvalue weighted by Crippen LogP contribution is -2.25. The Kier molecular flexibility index (Phi) is 7.84. The fraction of sp³-hybridized carbons (Fsp3) is 0.222. The lowest BCUT2D eigenvalue weighted by Gasteiger charge is -2.08. The maximum atomic E-state index is 12.4. The average molecular weight is 325 g/mol. The van der Waals surface area contributed by atoms with Gasteiger partial charge in [0.1, 0.15) is 0 Å². The highest BCUT2D eigenvalue weighted by Crippen LogP contribution is 2.14. The molecule has 126 valence electrons. The number of rotatable bonds is 7. The lowest BCUT2D eigenvalue weighted by molar-refractivity contribution is 0.0963. The molecule has 0 aliphatic heterocycles. The van der Waals surface area contributed by atoms with Crippen molar-refractivity contribution in [1.82, 2.24) is 15.3 Å². The molecule has 0 saturated carbocycles. The summed E-state index contributed by atoms with van der Waals surface area (Å²) in [5.74, 6) is -0.363. The molecular weight excluding hydrogens is 302 g/mol. The van der Waals surface area contributed by atoms with Gasteiger partial charge in [-0.3, -0.25) is 9.79 Å². The minimum atomic E-state index is -0.432. The fourth-order valence-corrected chi connectivity index (χ4v) is 1.73. The number of aromatic nitrogens is 2. The van der Waals surface area contributed by atoms with Gasteiger partial charge in [0.05, 0.1) is 11.9 Å². The third kappa shape index (κ3) is 5.64. The zero-order chi connectivity index (χ0) is 17.9. The minimum absolute atomic E-state index is 0.0687. The van der Waals surface area contributed by atoms with E-state index in [1.807, 2.05) is 20.8 Å². The normalized spacial score (nSPS) is 12.8. The predicted molar refractivity (Wildman–Crippen MR) is 99.4 cm³/mol. The number of hydrogen-bond donors (Lipinski definition) is 2. The van der Waals surface area contributed by atoms with Crippen molar-refractivity contribution in [1.29, 1.82) is 0 Å². The standard InChI is InChI=1S/C18H23N5O/c1-5-8-14(9-6-2)22-18(24)16-17(19)21-12-15(23-16)13(4)11-20-10-7-3/h5-6,8-12H,1,7H2,2-4H3,(H2,19,21)(H,22,24)/b9-6-,13-11+,14-8+,20-10-. The minimum Gasteiger partial charge on any atom is -0.382 e. The number of nitrogens with one attached hydrogen (secondary N) is 1. The van der Waals surface area contributed by atoms with Gasteiger partial charge >= 0.3 is 0 Å². The van der Waals surface area contributed by atoms with E-state index in [2.05, 4.69) is 26.9 Å². The highest BCUT2D eigenvalue weighted by Gasteiger charge is 2.15. The van der Waals surface area contributed by atoms with Crippen LogP contribution in [0.15, 0.2) is 54.0 Å². The topological polar surface area (TPSA) is 93.3 Å². The Bertz CT molecular complexity index is 714. The molecule has 1 heterocycles. The van der Waals surface area contributed by atoms with Gasteiger partial charge in [-0.2, -0.15) is 0 Å². The number of hydrogen-bond acceptors (Lipinski definition) is 5. The third-order valence-electron chi connectivity index (χ3n) is 2.88. The molecule has 1 rings (SSSR count). The van der Waals surface area contributed by atoms with Gasteiger partial charge in [-0.1, -0.05) is 25.7 Å². The van der Waals surface area contributed by atoms with Crippen LogP contribution in [0.5, 0.6) is 0 Å². The van der Waals surface area contributed by atoms with Gasteiger partial charge in [-0.15, -0.1) is 0 Å². The second-order valence-corrected chi connectivity index (χ2v) is 4.85. The molecule has 1 aromatic rings. The number of carbonyl (C=O) groups is 1. The summed E-state index contributed by atoms with van der Waals surface area (Å²) < 4.78 is 0. The van der Waals surface area contributed by atoms with E-state index in [-0.39, 0.29) is 11.5 Å². The predicted octanol–water partition coefficient (Wildman–Crippen LogP) is 3.28. The zero-order valence-corrected chi connectivity index (χ0v) is 14.3. The van der Waals surface area contributed by atoms with Crippen LogP contribution in [0.1, 0.15) is 43.4 Å². The summed E-state index contributed by atoms with van der Waals surface area (Å²) in [5.41, 5.74) is 7.78. The van der Waals surface area contributed by atoms with Crippen LogP contribution in [0.4, 0.5) is 5.82 Å². The fourth-order valence-electron chi connectivity index (χ4n) is 1.73. The van der Waals surface area contributed by atoms with Crippen LogP contribution >= 0.6 is 0 Å². The van der Waals surface area contributed by atoms with Crippen LogP contribution < -0.4 is 11.1 Å². The van der Waals surface area contributed by atoms with Crippen molar-refractivity contribution in [2.75, 3.05) is 5.73 Å². The maximum Gasteiger partial charge on any atom is 0.278 e. The van der Waals surface area contributed by atoms with Crippen molar-refractivity contribution in [3.8, 4) is 0 Å². The first-order valence-corrected chi connectivity index (χ1v) is 7.61. The number of nitrogen functional groups attached to an aromatic ring is 1. The SMILES string of the molecule is C=C/C=C(\C=C/C)NC(=O)c1nc(/C(C)=C/N=C\CC)cnc1N. The third-order valence-corrected chi connectivity index (χ3v) is 2.88. The number of nitrogens with zero attached hydrogens (tertiary/aromatic N) is 3. The number of allylic oxidation sites excluding steroid dienone is 5. The molecule has 3 N–H and O–H groups in total. The van der Waals surface area contributed by atoms with Gasteiger partial charge in [0.25, 0.3) is 5.91 Å². The van der Waals surface area contributed by atoms with E-state index in [0.29, 0.717) is 11.4 Å². The van der Waals surface area contributed by atoms with Gasteiger partial charge in [-0.25, -0.2) is 9.97 Å². The second kappa shape index (κ2) is 9.89. The van der Waals surface area contributed by atoms with Crippen molar-refractivity contribution in [3.05, 3.63) is 60.4 Å². The van der Waals surface area contributed by atoms with Gasteiger partial charge in [-0.05, 0) is 38.0 Å². The van der Waals surface area contributed by atoms with Crippen LogP contribution in [0.25, 0.3) is 5.57 Å². The number of aliphatic imine (C=N–C) groups is 1. The molecule has 6 heteroatoms. The van der Waals surface area contributed by atoms with Crippen molar-refractivity contribution in [3.63, 3.8) is 0 Å². The molecule has 0 aromatic carbocycles. The summed E-state index contributed by atoms with van der Waals surface area (Å²) in [6.45, 7) is 9.31. The van der Waals surface area contributed by atoms with E-state index in [0.717, 1.165) is 12.0 Å². The first-order valence-electron chi connectivity index (χ1n) is 7.61. The molecule has 1 aromatic heterocycles. The summed E-state index contributed by atoms with van der Waals surface area (Å²) in [5, 5.41) is 2.73. The first kappa shape index (κ1) is 19.0. The molecule has 6 nitrogen and oxygen atoms in total. The van der Waals surface area contributed by atoms with E-state index < -0.39 is 5.91 Å². The van der Waals surface area contributed by atoms with Crippen LogP contribution in [0, 0.1) is 0 Å².